The van der Waals surface area contributed by atoms with Crippen LogP contribution in [0.15, 0.2) is 46.8 Å². The van der Waals surface area contributed by atoms with Gasteiger partial charge >= 0.3 is 5.97 Å². The number of benzene rings is 1. The van der Waals surface area contributed by atoms with Gasteiger partial charge in [0, 0.05) is 32.9 Å². The summed E-state index contributed by atoms with van der Waals surface area (Å²) in [6.07, 6.45) is 1.28. The van der Waals surface area contributed by atoms with E-state index in [1.165, 1.54) is 0 Å². The third-order valence-corrected chi connectivity index (χ3v) is 5.93. The molecular formula is C21H24INO3. The molecule has 1 heterocycles. The summed E-state index contributed by atoms with van der Waals surface area (Å²) in [4.78, 5) is 25.9. The van der Waals surface area contributed by atoms with Crippen molar-refractivity contribution in [1.29, 1.82) is 0 Å². The molecule has 1 atom stereocenters. The molecular weight excluding hydrogens is 441 g/mol. The fourth-order valence-corrected chi connectivity index (χ4v) is 4.63. The molecule has 138 valence electrons. The van der Waals surface area contributed by atoms with Gasteiger partial charge in [-0.15, -0.1) is 0 Å². The quantitative estimate of drug-likeness (QED) is 0.529. The van der Waals surface area contributed by atoms with Crippen molar-refractivity contribution in [3.05, 3.63) is 55.9 Å². The molecule has 1 aromatic rings. The van der Waals surface area contributed by atoms with E-state index in [1.807, 2.05) is 31.2 Å². The van der Waals surface area contributed by atoms with Gasteiger partial charge in [-0.05, 0) is 59.9 Å². The van der Waals surface area contributed by atoms with E-state index in [4.69, 9.17) is 4.74 Å². The summed E-state index contributed by atoms with van der Waals surface area (Å²) in [5.41, 5.74) is 3.89. The fraction of sp³-hybridized carbons (Fsp3) is 0.429. The number of carbonyl (C=O) groups is 2. The van der Waals surface area contributed by atoms with Gasteiger partial charge in [0.1, 0.15) is 0 Å². The SMILES string of the molecule is CCOC(=O)C1=C(C)NC2=C(C(=O)CC(C)(C)C2)C1c1ccccc1I. The second-order valence-electron chi connectivity index (χ2n) is 7.67. The van der Waals surface area contributed by atoms with Crippen molar-refractivity contribution in [2.45, 2.75) is 46.5 Å². The Hall–Kier alpha value is -1.63. The average molecular weight is 465 g/mol. The molecule has 5 heteroatoms. The molecule has 0 bridgehead atoms. The maximum atomic E-state index is 13.1. The molecule has 0 saturated heterocycles. The van der Waals surface area contributed by atoms with Crippen molar-refractivity contribution in [3.63, 3.8) is 0 Å². The number of dihydropyridines is 1. The first kappa shape index (κ1) is 19.1. The van der Waals surface area contributed by atoms with Crippen molar-refractivity contribution in [1.82, 2.24) is 5.32 Å². The van der Waals surface area contributed by atoms with E-state index in [1.54, 1.807) is 6.92 Å². The smallest absolute Gasteiger partial charge is 0.336 e. The van der Waals surface area contributed by atoms with Crippen LogP contribution in [0.1, 0.15) is 52.0 Å². The first-order valence-electron chi connectivity index (χ1n) is 8.90. The highest BCUT2D eigenvalue weighted by Gasteiger charge is 2.43. The summed E-state index contributed by atoms with van der Waals surface area (Å²) >= 11 is 2.27. The minimum atomic E-state index is -0.373. The molecule has 0 spiro atoms. The van der Waals surface area contributed by atoms with Crippen molar-refractivity contribution >= 4 is 34.3 Å². The van der Waals surface area contributed by atoms with Crippen molar-refractivity contribution in [2.24, 2.45) is 5.41 Å². The lowest BCUT2D eigenvalue weighted by atomic mass is 9.68. The third-order valence-electron chi connectivity index (χ3n) is 4.95. The van der Waals surface area contributed by atoms with Crippen molar-refractivity contribution in [2.75, 3.05) is 6.61 Å². The average Bonchev–Trinajstić information content (AvgIpc) is 2.53. The number of carbonyl (C=O) groups excluding carboxylic acids is 2. The predicted octanol–water partition coefficient (Wildman–Crippen LogP) is 4.46. The Morgan fingerprint density at radius 2 is 2.00 bits per heavy atom. The Bertz CT molecular complexity index is 835. The summed E-state index contributed by atoms with van der Waals surface area (Å²) in [5, 5.41) is 3.35. The van der Waals surface area contributed by atoms with Gasteiger partial charge in [-0.3, -0.25) is 4.79 Å². The third kappa shape index (κ3) is 3.46. The maximum Gasteiger partial charge on any atom is 0.336 e. The molecule has 3 rings (SSSR count). The van der Waals surface area contributed by atoms with E-state index in [-0.39, 0.29) is 23.1 Å². The summed E-state index contributed by atoms with van der Waals surface area (Å²) in [5.74, 6) is -0.615. The number of esters is 1. The number of allylic oxidation sites excluding steroid dienone is 3. The van der Waals surface area contributed by atoms with Gasteiger partial charge in [-0.1, -0.05) is 32.0 Å². The molecule has 26 heavy (non-hydrogen) atoms. The van der Waals surface area contributed by atoms with Crippen LogP contribution in [0, 0.1) is 8.99 Å². The van der Waals surface area contributed by atoms with E-state index in [0.717, 1.165) is 32.5 Å². The molecule has 0 radical (unpaired) electrons. The van der Waals surface area contributed by atoms with Gasteiger partial charge < -0.3 is 10.1 Å². The van der Waals surface area contributed by atoms with Gasteiger partial charge in [0.05, 0.1) is 12.2 Å². The topological polar surface area (TPSA) is 55.4 Å². The molecule has 2 aliphatic rings. The largest absolute Gasteiger partial charge is 0.463 e. The summed E-state index contributed by atoms with van der Waals surface area (Å²) in [7, 11) is 0. The first-order chi connectivity index (χ1) is 12.2. The van der Waals surface area contributed by atoms with Gasteiger partial charge in [-0.25, -0.2) is 4.79 Å². The number of ketones is 1. The van der Waals surface area contributed by atoms with Gasteiger partial charge in [-0.2, -0.15) is 0 Å². The Balaban J connectivity index is 2.21. The molecule has 1 aliphatic heterocycles. The summed E-state index contributed by atoms with van der Waals surface area (Å²) in [6.45, 7) is 8.21. The minimum absolute atomic E-state index is 0.0843. The Morgan fingerprint density at radius 3 is 2.65 bits per heavy atom. The van der Waals surface area contributed by atoms with Crippen LogP contribution in [0.25, 0.3) is 0 Å². The zero-order valence-electron chi connectivity index (χ0n) is 15.6. The van der Waals surface area contributed by atoms with Crippen LogP contribution in [-0.4, -0.2) is 18.4 Å². The highest BCUT2D eigenvalue weighted by molar-refractivity contribution is 14.1. The van der Waals surface area contributed by atoms with Crippen LogP contribution in [0.2, 0.25) is 0 Å². The molecule has 0 saturated carbocycles. The van der Waals surface area contributed by atoms with E-state index < -0.39 is 0 Å². The summed E-state index contributed by atoms with van der Waals surface area (Å²) < 4.78 is 6.36. The highest BCUT2D eigenvalue weighted by Crippen LogP contribution is 2.47. The standard InChI is InChI=1S/C21H24INO3/c1-5-26-20(25)17-12(2)23-15-10-21(3,4)11-16(24)19(15)18(17)13-8-6-7-9-14(13)22/h6-9,18,23H,5,10-11H2,1-4H3. The fourth-order valence-electron chi connectivity index (χ4n) is 3.94. The normalized spacial score (nSPS) is 22.0. The Morgan fingerprint density at radius 1 is 1.31 bits per heavy atom. The van der Waals surface area contributed by atoms with Crippen molar-refractivity contribution in [3.8, 4) is 0 Å². The molecule has 1 unspecified atom stereocenters. The number of rotatable bonds is 3. The number of hydrogen-bond donors (Lipinski definition) is 1. The molecule has 4 nitrogen and oxygen atoms in total. The molecule has 1 aliphatic carbocycles. The molecule has 0 fully saturated rings. The van der Waals surface area contributed by atoms with E-state index in [0.29, 0.717) is 18.6 Å². The van der Waals surface area contributed by atoms with Crippen molar-refractivity contribution < 1.29 is 14.3 Å². The van der Waals surface area contributed by atoms with Crippen LogP contribution in [-0.2, 0) is 14.3 Å². The minimum Gasteiger partial charge on any atom is -0.463 e. The lowest BCUT2D eigenvalue weighted by Crippen LogP contribution is -2.38. The zero-order chi connectivity index (χ0) is 19.1. The number of ether oxygens (including phenoxy) is 1. The molecule has 1 aromatic carbocycles. The lowest BCUT2D eigenvalue weighted by molar-refractivity contribution is -0.138. The Labute approximate surface area is 168 Å². The van der Waals surface area contributed by atoms with Crippen LogP contribution >= 0.6 is 22.6 Å². The van der Waals surface area contributed by atoms with Crippen LogP contribution in [0.4, 0.5) is 0 Å². The summed E-state index contributed by atoms with van der Waals surface area (Å²) in [6, 6.07) is 7.93. The lowest BCUT2D eigenvalue weighted by Gasteiger charge is -2.39. The number of nitrogens with one attached hydrogen (secondary N) is 1. The predicted molar refractivity (Wildman–Crippen MR) is 109 cm³/mol. The van der Waals surface area contributed by atoms with Gasteiger partial charge in [0.25, 0.3) is 0 Å². The Kier molecular flexibility index (Phi) is 5.28. The molecule has 0 aromatic heterocycles. The zero-order valence-corrected chi connectivity index (χ0v) is 17.8. The molecule has 0 amide bonds. The maximum absolute atomic E-state index is 13.1. The number of hydrogen-bond acceptors (Lipinski definition) is 4. The van der Waals surface area contributed by atoms with Gasteiger partial charge in [0.15, 0.2) is 5.78 Å². The first-order valence-corrected chi connectivity index (χ1v) is 9.98. The van der Waals surface area contributed by atoms with E-state index in [2.05, 4.69) is 41.8 Å². The van der Waals surface area contributed by atoms with E-state index >= 15 is 0 Å². The monoisotopic (exact) mass is 465 g/mol. The highest BCUT2D eigenvalue weighted by atomic mass is 127. The number of Topliss-reactive ketones (excluding diaryl/α,β-unsaturated/α-hetero) is 1. The van der Waals surface area contributed by atoms with Crippen LogP contribution in [0.5, 0.6) is 0 Å². The number of halogens is 1. The van der Waals surface area contributed by atoms with Crippen LogP contribution in [0.3, 0.4) is 0 Å². The van der Waals surface area contributed by atoms with Crippen LogP contribution < -0.4 is 5.32 Å². The van der Waals surface area contributed by atoms with Gasteiger partial charge in [0.2, 0.25) is 0 Å². The second-order valence-corrected chi connectivity index (χ2v) is 8.83. The molecule has 1 N–H and O–H groups in total. The van der Waals surface area contributed by atoms with E-state index in [9.17, 15) is 9.59 Å². The second kappa shape index (κ2) is 7.18.